The Balaban J connectivity index is 1.80. The molecule has 1 unspecified atom stereocenters. The van der Waals surface area contributed by atoms with E-state index >= 15 is 0 Å². The van der Waals surface area contributed by atoms with Crippen molar-refractivity contribution in [3.05, 3.63) is 56.0 Å². The van der Waals surface area contributed by atoms with Gasteiger partial charge in [-0.05, 0) is 67.5 Å². The summed E-state index contributed by atoms with van der Waals surface area (Å²) in [5.41, 5.74) is 8.30. The van der Waals surface area contributed by atoms with Crippen molar-refractivity contribution in [1.82, 2.24) is 0 Å². The molecule has 3 rings (SSSR count). The summed E-state index contributed by atoms with van der Waals surface area (Å²) in [5.74, 6) is -0.230. The third-order valence-electron chi connectivity index (χ3n) is 3.83. The van der Waals surface area contributed by atoms with Crippen LogP contribution in [0.3, 0.4) is 0 Å². The Morgan fingerprint density at radius 3 is 2.85 bits per heavy atom. The fourth-order valence-corrected chi connectivity index (χ4v) is 4.19. The number of rotatable bonds is 3. The predicted octanol–water partition coefficient (Wildman–Crippen LogP) is 4.66. The molecular formula is C16H17ClFNS. The summed E-state index contributed by atoms with van der Waals surface area (Å²) in [7, 11) is 0. The summed E-state index contributed by atoms with van der Waals surface area (Å²) < 4.78 is 13.8. The van der Waals surface area contributed by atoms with Crippen LogP contribution in [-0.2, 0) is 19.3 Å². The lowest BCUT2D eigenvalue weighted by Gasteiger charge is -2.10. The lowest BCUT2D eigenvalue weighted by atomic mass is 9.98. The van der Waals surface area contributed by atoms with E-state index in [9.17, 15) is 4.39 Å². The highest BCUT2D eigenvalue weighted by atomic mass is 35.5. The van der Waals surface area contributed by atoms with Crippen molar-refractivity contribution >= 4 is 22.9 Å². The van der Waals surface area contributed by atoms with Crippen molar-refractivity contribution < 1.29 is 4.39 Å². The van der Waals surface area contributed by atoms with Gasteiger partial charge in [0.2, 0.25) is 0 Å². The first kappa shape index (κ1) is 14.1. The van der Waals surface area contributed by atoms with E-state index < -0.39 is 0 Å². The molecule has 2 aromatic rings. The first-order valence-electron chi connectivity index (χ1n) is 6.94. The third-order valence-corrected chi connectivity index (χ3v) is 5.43. The molecule has 0 fully saturated rings. The van der Waals surface area contributed by atoms with E-state index in [1.807, 2.05) is 0 Å². The minimum absolute atomic E-state index is 0.154. The second-order valence-corrected chi connectivity index (χ2v) is 6.96. The van der Waals surface area contributed by atoms with Gasteiger partial charge in [-0.1, -0.05) is 11.6 Å². The highest BCUT2D eigenvalue weighted by Crippen LogP contribution is 2.33. The van der Waals surface area contributed by atoms with Gasteiger partial charge in [0.15, 0.2) is 0 Å². The lowest BCUT2D eigenvalue weighted by Crippen LogP contribution is -2.12. The number of fused-ring (bicyclic) bond motifs is 1. The number of benzene rings is 1. The Bertz CT molecular complexity index is 599. The topological polar surface area (TPSA) is 26.0 Å². The molecule has 0 spiro atoms. The normalized spacial score (nSPS) is 15.9. The van der Waals surface area contributed by atoms with Crippen LogP contribution in [-0.4, -0.2) is 0 Å². The van der Waals surface area contributed by atoms with E-state index in [2.05, 4.69) is 6.07 Å². The molecule has 0 bridgehead atoms. The molecule has 0 aliphatic heterocycles. The van der Waals surface area contributed by atoms with Gasteiger partial charge in [-0.15, -0.1) is 11.3 Å². The molecular weight excluding hydrogens is 293 g/mol. The molecule has 1 aliphatic carbocycles. The molecule has 1 atom stereocenters. The Morgan fingerprint density at radius 1 is 1.25 bits per heavy atom. The smallest absolute Gasteiger partial charge is 0.126 e. The van der Waals surface area contributed by atoms with Crippen LogP contribution in [0.5, 0.6) is 0 Å². The SMILES string of the molecule is NC(Cc1cc(Cl)ccc1F)c1cc2c(s1)CCCC2. The number of nitrogens with two attached hydrogens (primary N) is 1. The zero-order valence-electron chi connectivity index (χ0n) is 11.2. The Morgan fingerprint density at radius 2 is 2.05 bits per heavy atom. The van der Waals surface area contributed by atoms with Gasteiger partial charge in [-0.25, -0.2) is 4.39 Å². The van der Waals surface area contributed by atoms with E-state index in [1.54, 1.807) is 23.5 Å². The van der Waals surface area contributed by atoms with Crippen molar-refractivity contribution in [2.75, 3.05) is 0 Å². The van der Waals surface area contributed by atoms with Crippen LogP contribution in [0.15, 0.2) is 24.3 Å². The largest absolute Gasteiger partial charge is 0.323 e. The Labute approximate surface area is 127 Å². The molecule has 4 heteroatoms. The van der Waals surface area contributed by atoms with Crippen molar-refractivity contribution in [2.45, 2.75) is 38.1 Å². The van der Waals surface area contributed by atoms with Gasteiger partial charge in [-0.3, -0.25) is 0 Å². The van der Waals surface area contributed by atoms with Gasteiger partial charge in [0.1, 0.15) is 5.82 Å². The van der Waals surface area contributed by atoms with Gasteiger partial charge in [0.25, 0.3) is 0 Å². The van der Waals surface area contributed by atoms with Gasteiger partial charge in [-0.2, -0.15) is 0 Å². The second-order valence-electron chi connectivity index (χ2n) is 5.35. The summed E-state index contributed by atoms with van der Waals surface area (Å²) in [4.78, 5) is 2.63. The minimum atomic E-state index is -0.230. The van der Waals surface area contributed by atoms with Crippen LogP contribution in [0.25, 0.3) is 0 Å². The molecule has 1 aromatic heterocycles. The van der Waals surface area contributed by atoms with Crippen LogP contribution >= 0.6 is 22.9 Å². The lowest BCUT2D eigenvalue weighted by molar-refractivity contribution is 0.595. The standard InChI is InChI=1S/C16H17ClFNS/c17-12-5-6-13(18)11(7-12)8-14(19)16-9-10-3-1-2-4-15(10)20-16/h5-7,9,14H,1-4,8,19H2. The number of thiophene rings is 1. The molecule has 0 amide bonds. The van der Waals surface area contributed by atoms with Gasteiger partial charge < -0.3 is 5.73 Å². The minimum Gasteiger partial charge on any atom is -0.323 e. The second kappa shape index (κ2) is 5.84. The van der Waals surface area contributed by atoms with Crippen molar-refractivity contribution in [2.24, 2.45) is 5.73 Å². The molecule has 0 saturated heterocycles. The molecule has 0 saturated carbocycles. The summed E-state index contributed by atoms with van der Waals surface area (Å²) >= 11 is 7.72. The zero-order chi connectivity index (χ0) is 14.1. The predicted molar refractivity (Wildman–Crippen MR) is 83.0 cm³/mol. The van der Waals surface area contributed by atoms with Crippen molar-refractivity contribution in [3.63, 3.8) is 0 Å². The first-order valence-corrected chi connectivity index (χ1v) is 8.14. The molecule has 1 heterocycles. The molecule has 20 heavy (non-hydrogen) atoms. The first-order chi connectivity index (χ1) is 9.63. The Hall–Kier alpha value is -0.900. The summed E-state index contributed by atoms with van der Waals surface area (Å²) in [6, 6.07) is 6.70. The van der Waals surface area contributed by atoms with E-state index in [0.29, 0.717) is 17.0 Å². The third kappa shape index (κ3) is 2.90. The van der Waals surface area contributed by atoms with Gasteiger partial charge in [0.05, 0.1) is 0 Å². The van der Waals surface area contributed by atoms with Gasteiger partial charge >= 0.3 is 0 Å². The fourth-order valence-electron chi connectivity index (χ4n) is 2.73. The molecule has 1 aliphatic rings. The number of halogens is 2. The number of hydrogen-bond acceptors (Lipinski definition) is 2. The van der Waals surface area contributed by atoms with Crippen LogP contribution in [0.4, 0.5) is 4.39 Å². The van der Waals surface area contributed by atoms with E-state index in [4.69, 9.17) is 17.3 Å². The Kier molecular flexibility index (Phi) is 4.11. The van der Waals surface area contributed by atoms with E-state index in [0.717, 1.165) is 17.7 Å². The average Bonchev–Trinajstić information content (AvgIpc) is 2.87. The number of hydrogen-bond donors (Lipinski definition) is 1. The highest BCUT2D eigenvalue weighted by Gasteiger charge is 2.18. The quantitative estimate of drug-likeness (QED) is 0.876. The average molecular weight is 310 g/mol. The van der Waals surface area contributed by atoms with E-state index in [-0.39, 0.29) is 11.9 Å². The number of aryl methyl sites for hydroxylation is 2. The zero-order valence-corrected chi connectivity index (χ0v) is 12.7. The van der Waals surface area contributed by atoms with Crippen LogP contribution < -0.4 is 5.73 Å². The summed E-state index contributed by atoms with van der Waals surface area (Å²) in [5, 5.41) is 0.555. The van der Waals surface area contributed by atoms with Crippen LogP contribution in [0, 0.1) is 5.82 Å². The molecule has 0 radical (unpaired) electrons. The molecule has 106 valence electrons. The molecule has 2 N–H and O–H groups in total. The highest BCUT2D eigenvalue weighted by molar-refractivity contribution is 7.12. The maximum absolute atomic E-state index is 13.8. The molecule has 1 nitrogen and oxygen atoms in total. The maximum Gasteiger partial charge on any atom is 0.126 e. The van der Waals surface area contributed by atoms with Crippen molar-refractivity contribution in [1.29, 1.82) is 0 Å². The van der Waals surface area contributed by atoms with Crippen LogP contribution in [0.2, 0.25) is 5.02 Å². The van der Waals surface area contributed by atoms with E-state index in [1.165, 1.54) is 29.3 Å². The summed E-state index contributed by atoms with van der Waals surface area (Å²) in [6.45, 7) is 0. The van der Waals surface area contributed by atoms with Crippen LogP contribution in [0.1, 0.15) is 39.8 Å². The fraction of sp³-hybridized carbons (Fsp3) is 0.375. The maximum atomic E-state index is 13.8. The van der Waals surface area contributed by atoms with Gasteiger partial charge in [0, 0.05) is 20.8 Å². The monoisotopic (exact) mass is 309 g/mol. The van der Waals surface area contributed by atoms with Crippen molar-refractivity contribution in [3.8, 4) is 0 Å². The summed E-state index contributed by atoms with van der Waals surface area (Å²) in [6.07, 6.45) is 5.35. The molecule has 1 aromatic carbocycles.